The minimum absolute atomic E-state index is 0.0805. The number of benzene rings is 1. The van der Waals surface area contributed by atoms with Crippen molar-refractivity contribution in [2.45, 2.75) is 57.9 Å². The lowest BCUT2D eigenvalue weighted by Gasteiger charge is -2.27. The second kappa shape index (κ2) is 9.51. The van der Waals surface area contributed by atoms with Crippen molar-refractivity contribution in [1.82, 2.24) is 9.78 Å². The Kier molecular flexibility index (Phi) is 6.54. The maximum absolute atomic E-state index is 12.6. The minimum Gasteiger partial charge on any atom is -0.365 e. The molecule has 1 aromatic heterocycles. The Morgan fingerprint density at radius 3 is 2.69 bits per heavy atom. The number of carbonyl (C=O) groups excluding carboxylic acids is 2. The monoisotopic (exact) mass is 429 g/mol. The van der Waals surface area contributed by atoms with Gasteiger partial charge in [-0.1, -0.05) is 54.1 Å². The molecular weight excluding hydrogens is 398 g/mol. The van der Waals surface area contributed by atoms with Gasteiger partial charge in [-0.2, -0.15) is 5.10 Å². The van der Waals surface area contributed by atoms with Gasteiger partial charge < -0.3 is 5.73 Å². The first-order valence-corrected chi connectivity index (χ1v) is 11.5. The summed E-state index contributed by atoms with van der Waals surface area (Å²) in [5.74, 6) is 0.0596. The molecule has 0 fully saturated rings. The lowest BCUT2D eigenvalue weighted by molar-refractivity contribution is -0.114. The number of fused-ring (bicyclic) bond motifs is 1. The molecule has 0 saturated heterocycles. The number of amides is 1. The van der Waals surface area contributed by atoms with E-state index in [0.29, 0.717) is 23.6 Å². The molecule has 2 aliphatic rings. The van der Waals surface area contributed by atoms with Crippen LogP contribution in [0.1, 0.15) is 74.0 Å². The molecule has 1 aliphatic carbocycles. The van der Waals surface area contributed by atoms with Gasteiger partial charge in [-0.05, 0) is 63.5 Å². The van der Waals surface area contributed by atoms with E-state index < -0.39 is 5.91 Å². The third-order valence-electron chi connectivity index (χ3n) is 6.75. The van der Waals surface area contributed by atoms with Crippen LogP contribution in [0.2, 0.25) is 0 Å². The summed E-state index contributed by atoms with van der Waals surface area (Å²) in [6.45, 7) is 5.71. The molecule has 0 bridgehead atoms. The van der Waals surface area contributed by atoms with Gasteiger partial charge in [0.05, 0.1) is 17.3 Å². The van der Waals surface area contributed by atoms with Crippen molar-refractivity contribution in [1.29, 1.82) is 0 Å². The Labute approximate surface area is 189 Å². The Morgan fingerprint density at radius 1 is 1.19 bits per heavy atom. The zero-order chi connectivity index (χ0) is 22.7. The largest absolute Gasteiger partial charge is 0.365 e. The fourth-order valence-electron chi connectivity index (χ4n) is 5.08. The van der Waals surface area contributed by atoms with Crippen molar-refractivity contribution in [3.8, 4) is 11.3 Å². The van der Waals surface area contributed by atoms with Crippen LogP contribution in [0, 0.1) is 5.92 Å². The third-order valence-corrected chi connectivity index (χ3v) is 6.75. The smallest absolute Gasteiger partial charge is 0.253 e. The van der Waals surface area contributed by atoms with E-state index in [-0.39, 0.29) is 11.8 Å². The molecule has 1 aliphatic heterocycles. The molecule has 1 amide bonds. The van der Waals surface area contributed by atoms with E-state index in [9.17, 15) is 9.59 Å². The molecule has 2 heterocycles. The summed E-state index contributed by atoms with van der Waals surface area (Å²) in [4.78, 5) is 24.4. The number of hydrogen-bond donors (Lipinski definition) is 1. The van der Waals surface area contributed by atoms with Gasteiger partial charge in [-0.3, -0.25) is 14.3 Å². The quantitative estimate of drug-likeness (QED) is 0.476. The van der Waals surface area contributed by atoms with Crippen molar-refractivity contribution < 1.29 is 9.59 Å². The molecule has 2 atom stereocenters. The molecule has 0 radical (unpaired) electrons. The van der Waals surface area contributed by atoms with Crippen LogP contribution in [0.4, 0.5) is 0 Å². The first kappa shape index (κ1) is 22.0. The van der Waals surface area contributed by atoms with Crippen LogP contribution in [0.15, 0.2) is 60.2 Å². The van der Waals surface area contributed by atoms with Crippen LogP contribution in [0.25, 0.3) is 17.3 Å². The lowest BCUT2D eigenvalue weighted by Crippen LogP contribution is -2.22. The maximum atomic E-state index is 12.6. The standard InChI is InChI=1S/C27H31N3O2/c1-3-22(31)17-19-8-7-11-20(14-13-19)23-15-12-18(2)16-24-25(27(28)32)26(29-30(23)24)21-9-5-4-6-10-21/h3-6,8-10,16,20,23H,1,7,11-15,17H2,2H3,(H2,28,32). The van der Waals surface area contributed by atoms with Crippen LogP contribution in [-0.2, 0) is 4.79 Å². The Morgan fingerprint density at radius 2 is 1.97 bits per heavy atom. The summed E-state index contributed by atoms with van der Waals surface area (Å²) < 4.78 is 2.07. The SMILES string of the molecule is C=CC(=O)CC1=CCCC(C2CCC(C)=Cc3c(C(N)=O)c(-c4ccccc4)nn32)CC1. The van der Waals surface area contributed by atoms with Gasteiger partial charge in [-0.15, -0.1) is 0 Å². The zero-order valence-corrected chi connectivity index (χ0v) is 18.7. The van der Waals surface area contributed by atoms with Crippen LogP contribution in [-0.4, -0.2) is 21.5 Å². The lowest BCUT2D eigenvalue weighted by atomic mass is 9.88. The normalized spacial score (nSPS) is 20.9. The van der Waals surface area contributed by atoms with Crippen LogP contribution in [0.5, 0.6) is 0 Å². The molecule has 1 aromatic carbocycles. The Hall–Kier alpha value is -3.21. The number of ketones is 1. The highest BCUT2D eigenvalue weighted by Gasteiger charge is 2.32. The molecule has 0 saturated carbocycles. The Balaban J connectivity index is 1.70. The molecule has 5 nitrogen and oxygen atoms in total. The number of carbonyl (C=O) groups is 2. The summed E-state index contributed by atoms with van der Waals surface area (Å²) in [7, 11) is 0. The summed E-state index contributed by atoms with van der Waals surface area (Å²) >= 11 is 0. The number of hydrogen-bond acceptors (Lipinski definition) is 3. The van der Waals surface area contributed by atoms with Gasteiger partial charge in [0.15, 0.2) is 5.78 Å². The number of primary amides is 1. The average Bonchev–Trinajstić information content (AvgIpc) is 2.90. The van der Waals surface area contributed by atoms with E-state index in [1.54, 1.807) is 0 Å². The van der Waals surface area contributed by atoms with Crippen molar-refractivity contribution in [3.63, 3.8) is 0 Å². The van der Waals surface area contributed by atoms with E-state index in [1.807, 2.05) is 30.3 Å². The highest BCUT2D eigenvalue weighted by Crippen LogP contribution is 2.40. The molecule has 2 aromatic rings. The molecular formula is C27H31N3O2. The number of allylic oxidation sites excluding steroid dienone is 4. The van der Waals surface area contributed by atoms with Crippen molar-refractivity contribution in [3.05, 3.63) is 71.5 Å². The first-order chi connectivity index (χ1) is 15.5. The minimum atomic E-state index is -0.442. The van der Waals surface area contributed by atoms with E-state index in [2.05, 4.69) is 30.3 Å². The van der Waals surface area contributed by atoms with Crippen LogP contribution < -0.4 is 5.73 Å². The van der Waals surface area contributed by atoms with Crippen LogP contribution >= 0.6 is 0 Å². The second-order valence-electron chi connectivity index (χ2n) is 8.97. The fraction of sp³-hybridized carbons (Fsp3) is 0.370. The van der Waals surface area contributed by atoms with Gasteiger partial charge in [0.1, 0.15) is 5.69 Å². The van der Waals surface area contributed by atoms with Crippen LogP contribution in [0.3, 0.4) is 0 Å². The van der Waals surface area contributed by atoms with Gasteiger partial charge >= 0.3 is 0 Å². The molecule has 32 heavy (non-hydrogen) atoms. The van der Waals surface area contributed by atoms with E-state index >= 15 is 0 Å². The van der Waals surface area contributed by atoms with Gasteiger partial charge in [0, 0.05) is 12.0 Å². The molecule has 2 unspecified atom stereocenters. The second-order valence-corrected chi connectivity index (χ2v) is 8.97. The van der Waals surface area contributed by atoms with E-state index in [0.717, 1.165) is 49.8 Å². The summed E-state index contributed by atoms with van der Waals surface area (Å²) in [5, 5.41) is 4.99. The topological polar surface area (TPSA) is 78.0 Å². The van der Waals surface area contributed by atoms with Gasteiger partial charge in [0.25, 0.3) is 5.91 Å². The summed E-state index contributed by atoms with van der Waals surface area (Å²) in [6.07, 6.45) is 12.1. The number of rotatable bonds is 6. The van der Waals surface area contributed by atoms with Crippen molar-refractivity contribution >= 4 is 17.8 Å². The summed E-state index contributed by atoms with van der Waals surface area (Å²) in [5.41, 5.74) is 11.2. The average molecular weight is 430 g/mol. The fourth-order valence-corrected chi connectivity index (χ4v) is 5.08. The van der Waals surface area contributed by atoms with Crippen molar-refractivity contribution in [2.24, 2.45) is 11.7 Å². The number of nitrogens with two attached hydrogens (primary N) is 1. The highest BCUT2D eigenvalue weighted by atomic mass is 16.1. The van der Waals surface area contributed by atoms with Gasteiger partial charge in [0.2, 0.25) is 0 Å². The number of nitrogens with zero attached hydrogens (tertiary/aromatic N) is 2. The van der Waals surface area contributed by atoms with E-state index in [4.69, 9.17) is 10.8 Å². The maximum Gasteiger partial charge on any atom is 0.253 e. The summed E-state index contributed by atoms with van der Waals surface area (Å²) in [6, 6.07) is 9.99. The van der Waals surface area contributed by atoms with E-state index in [1.165, 1.54) is 17.2 Å². The Bertz CT molecular complexity index is 1090. The molecule has 4 rings (SSSR count). The number of aromatic nitrogens is 2. The zero-order valence-electron chi connectivity index (χ0n) is 18.7. The third kappa shape index (κ3) is 4.52. The van der Waals surface area contributed by atoms with Crippen molar-refractivity contribution in [2.75, 3.05) is 0 Å². The highest BCUT2D eigenvalue weighted by molar-refractivity contribution is 6.02. The van der Waals surface area contributed by atoms with Gasteiger partial charge in [-0.25, -0.2) is 0 Å². The molecule has 5 heteroatoms. The predicted molar refractivity (Wildman–Crippen MR) is 128 cm³/mol. The first-order valence-electron chi connectivity index (χ1n) is 11.5. The molecule has 2 N–H and O–H groups in total. The molecule has 0 spiro atoms. The predicted octanol–water partition coefficient (Wildman–Crippen LogP) is 5.65. The molecule has 166 valence electrons.